The first-order valence-corrected chi connectivity index (χ1v) is 11.1. The van der Waals surface area contributed by atoms with Crippen LogP contribution in [-0.4, -0.2) is 71.5 Å². The van der Waals surface area contributed by atoms with E-state index in [0.29, 0.717) is 29.8 Å². The first-order valence-electron chi connectivity index (χ1n) is 11.1. The topological polar surface area (TPSA) is 85.8 Å². The van der Waals surface area contributed by atoms with E-state index in [1.54, 1.807) is 30.5 Å². The largest absolute Gasteiger partial charge is 0.508 e. The number of benzene rings is 2. The first-order chi connectivity index (χ1) is 16.0. The van der Waals surface area contributed by atoms with Crippen molar-refractivity contribution in [3.63, 3.8) is 0 Å². The normalized spacial score (nSPS) is 14.2. The van der Waals surface area contributed by atoms with Gasteiger partial charge in [-0.25, -0.2) is 0 Å². The van der Waals surface area contributed by atoms with Gasteiger partial charge in [0.15, 0.2) is 0 Å². The Kier molecular flexibility index (Phi) is 7.00. The average Bonchev–Trinajstić information content (AvgIpc) is 2.85. The van der Waals surface area contributed by atoms with Crippen LogP contribution in [0, 0.1) is 0 Å². The van der Waals surface area contributed by atoms with Gasteiger partial charge in [0, 0.05) is 55.6 Å². The summed E-state index contributed by atoms with van der Waals surface area (Å²) in [6.07, 6.45) is 2.29. The van der Waals surface area contributed by atoms with Gasteiger partial charge in [-0.3, -0.25) is 14.6 Å². The zero-order chi connectivity index (χ0) is 23.2. The molecule has 2 amide bonds. The molecule has 0 atom stereocenters. The molecule has 0 aliphatic carbocycles. The predicted octanol–water partition coefficient (Wildman–Crippen LogP) is 2.81. The lowest BCUT2D eigenvalue weighted by Gasteiger charge is -2.32. The maximum absolute atomic E-state index is 12.7. The molecule has 170 valence electrons. The van der Waals surface area contributed by atoms with Gasteiger partial charge in [-0.15, -0.1) is 0 Å². The number of carbonyl (C=O) groups is 2. The van der Waals surface area contributed by atoms with E-state index in [0.717, 1.165) is 37.3 Å². The van der Waals surface area contributed by atoms with Crippen LogP contribution in [0.15, 0.2) is 66.9 Å². The highest BCUT2D eigenvalue weighted by molar-refractivity contribution is 5.96. The van der Waals surface area contributed by atoms with E-state index in [1.807, 2.05) is 41.3 Å². The first kappa shape index (κ1) is 22.5. The van der Waals surface area contributed by atoms with Crippen molar-refractivity contribution in [1.82, 2.24) is 20.1 Å². The number of nitrogens with zero attached hydrogens (tertiary/aromatic N) is 3. The number of nitrogens with one attached hydrogen (secondary N) is 1. The lowest BCUT2D eigenvalue weighted by atomic mass is 10.1. The molecule has 2 heterocycles. The average molecular weight is 445 g/mol. The van der Waals surface area contributed by atoms with Crippen molar-refractivity contribution in [3.8, 4) is 17.0 Å². The number of aromatic hydroxyl groups is 1. The number of amides is 2. The second-order valence-electron chi connectivity index (χ2n) is 8.27. The summed E-state index contributed by atoms with van der Waals surface area (Å²) in [7, 11) is 2.06. The van der Waals surface area contributed by atoms with Crippen LogP contribution < -0.4 is 5.32 Å². The molecule has 1 aliphatic rings. The highest BCUT2D eigenvalue weighted by Crippen LogP contribution is 2.20. The lowest BCUT2D eigenvalue weighted by Crippen LogP contribution is -2.47. The molecule has 1 aliphatic heterocycles. The van der Waals surface area contributed by atoms with Crippen molar-refractivity contribution < 1.29 is 14.7 Å². The molecule has 7 heteroatoms. The standard InChI is InChI=1S/C26H28N4O3/c1-29-14-16-30(17-15-29)26(33)21-6-4-20(5-7-21)24-18-22(11-13-27-24)25(32)28-12-10-19-2-8-23(31)9-3-19/h2-9,11,13,18,31H,10,12,14-17H2,1H3,(H,28,32). The van der Waals surface area contributed by atoms with Gasteiger partial charge in [0.05, 0.1) is 5.69 Å². The molecule has 0 bridgehead atoms. The summed E-state index contributed by atoms with van der Waals surface area (Å²) in [5, 5.41) is 12.3. The van der Waals surface area contributed by atoms with Gasteiger partial charge >= 0.3 is 0 Å². The Bertz CT molecular complexity index is 1110. The molecule has 1 saturated heterocycles. The van der Waals surface area contributed by atoms with Crippen LogP contribution in [-0.2, 0) is 6.42 Å². The van der Waals surface area contributed by atoms with Crippen LogP contribution in [0.5, 0.6) is 5.75 Å². The number of likely N-dealkylation sites (N-methyl/N-ethyl adjacent to an activating group) is 1. The number of phenolic OH excluding ortho intramolecular Hbond substituents is 1. The molecular formula is C26H28N4O3. The van der Waals surface area contributed by atoms with E-state index in [-0.39, 0.29) is 17.6 Å². The van der Waals surface area contributed by atoms with Gasteiger partial charge < -0.3 is 20.2 Å². The van der Waals surface area contributed by atoms with E-state index in [9.17, 15) is 14.7 Å². The number of pyridine rings is 1. The van der Waals surface area contributed by atoms with Crippen LogP contribution in [0.4, 0.5) is 0 Å². The molecule has 0 spiro atoms. The van der Waals surface area contributed by atoms with Crippen LogP contribution in [0.3, 0.4) is 0 Å². The van der Waals surface area contributed by atoms with Crippen LogP contribution in [0.25, 0.3) is 11.3 Å². The summed E-state index contributed by atoms with van der Waals surface area (Å²) in [6, 6.07) is 17.8. The van der Waals surface area contributed by atoms with E-state index in [2.05, 4.69) is 22.2 Å². The number of aromatic nitrogens is 1. The van der Waals surface area contributed by atoms with Crippen molar-refractivity contribution in [1.29, 1.82) is 0 Å². The molecule has 2 N–H and O–H groups in total. The van der Waals surface area contributed by atoms with Crippen LogP contribution in [0.1, 0.15) is 26.3 Å². The number of phenols is 1. The third kappa shape index (κ3) is 5.75. The smallest absolute Gasteiger partial charge is 0.253 e. The summed E-state index contributed by atoms with van der Waals surface area (Å²) in [5.74, 6) is 0.104. The van der Waals surface area contributed by atoms with E-state index < -0.39 is 0 Å². The molecule has 0 saturated carbocycles. The van der Waals surface area contributed by atoms with Gasteiger partial charge in [-0.1, -0.05) is 24.3 Å². The summed E-state index contributed by atoms with van der Waals surface area (Å²) in [4.78, 5) is 33.8. The summed E-state index contributed by atoms with van der Waals surface area (Å²) in [5.41, 5.74) is 3.76. The fourth-order valence-electron chi connectivity index (χ4n) is 3.79. The molecule has 3 aromatic rings. The van der Waals surface area contributed by atoms with Crippen molar-refractivity contribution in [2.75, 3.05) is 39.8 Å². The molecule has 4 rings (SSSR count). The Morgan fingerprint density at radius 2 is 1.64 bits per heavy atom. The highest BCUT2D eigenvalue weighted by Gasteiger charge is 2.20. The van der Waals surface area contributed by atoms with Gasteiger partial charge in [0.1, 0.15) is 5.75 Å². The van der Waals surface area contributed by atoms with Gasteiger partial charge in [0.2, 0.25) is 0 Å². The quantitative estimate of drug-likeness (QED) is 0.611. The van der Waals surface area contributed by atoms with Gasteiger partial charge in [0.25, 0.3) is 11.8 Å². The van der Waals surface area contributed by atoms with Crippen molar-refractivity contribution in [2.45, 2.75) is 6.42 Å². The lowest BCUT2D eigenvalue weighted by molar-refractivity contribution is 0.0664. The maximum Gasteiger partial charge on any atom is 0.253 e. The minimum Gasteiger partial charge on any atom is -0.508 e. The molecule has 2 aromatic carbocycles. The molecule has 0 radical (unpaired) electrons. The molecule has 33 heavy (non-hydrogen) atoms. The molecular weight excluding hydrogens is 416 g/mol. The molecule has 0 unspecified atom stereocenters. The minimum atomic E-state index is -0.167. The zero-order valence-corrected chi connectivity index (χ0v) is 18.7. The number of hydrogen-bond acceptors (Lipinski definition) is 5. The third-order valence-corrected chi connectivity index (χ3v) is 5.88. The molecule has 1 fully saturated rings. The van der Waals surface area contributed by atoms with Crippen molar-refractivity contribution >= 4 is 11.8 Å². The van der Waals surface area contributed by atoms with Crippen LogP contribution >= 0.6 is 0 Å². The maximum atomic E-state index is 12.7. The monoisotopic (exact) mass is 444 g/mol. The number of hydrogen-bond donors (Lipinski definition) is 2. The highest BCUT2D eigenvalue weighted by atomic mass is 16.3. The number of piperazine rings is 1. The number of rotatable bonds is 6. The molecule has 1 aromatic heterocycles. The second-order valence-corrected chi connectivity index (χ2v) is 8.27. The van der Waals surface area contributed by atoms with E-state index in [4.69, 9.17) is 0 Å². The van der Waals surface area contributed by atoms with E-state index >= 15 is 0 Å². The Hall–Kier alpha value is -3.71. The Labute approximate surface area is 193 Å². The second kappa shape index (κ2) is 10.3. The Morgan fingerprint density at radius 1 is 0.939 bits per heavy atom. The summed E-state index contributed by atoms with van der Waals surface area (Å²) >= 11 is 0. The fourth-order valence-corrected chi connectivity index (χ4v) is 3.79. The van der Waals surface area contributed by atoms with Gasteiger partial charge in [-0.2, -0.15) is 0 Å². The van der Waals surface area contributed by atoms with Crippen LogP contribution in [0.2, 0.25) is 0 Å². The van der Waals surface area contributed by atoms with Crippen molar-refractivity contribution in [3.05, 3.63) is 83.6 Å². The summed E-state index contributed by atoms with van der Waals surface area (Å²) < 4.78 is 0. The Balaban J connectivity index is 1.37. The van der Waals surface area contributed by atoms with Crippen molar-refractivity contribution in [2.24, 2.45) is 0 Å². The SMILES string of the molecule is CN1CCN(C(=O)c2ccc(-c3cc(C(=O)NCCc4ccc(O)cc4)ccn3)cc2)CC1. The van der Waals surface area contributed by atoms with Gasteiger partial charge in [-0.05, 0) is 55.4 Å². The Morgan fingerprint density at radius 3 is 2.33 bits per heavy atom. The third-order valence-electron chi connectivity index (χ3n) is 5.88. The zero-order valence-electron chi connectivity index (χ0n) is 18.7. The minimum absolute atomic E-state index is 0.0457. The molecule has 7 nitrogen and oxygen atoms in total. The predicted molar refractivity (Wildman–Crippen MR) is 127 cm³/mol. The van der Waals surface area contributed by atoms with E-state index in [1.165, 1.54) is 0 Å². The fraction of sp³-hybridized carbons (Fsp3) is 0.269. The number of carbonyl (C=O) groups excluding carboxylic acids is 2. The summed E-state index contributed by atoms with van der Waals surface area (Å²) in [6.45, 7) is 3.74.